The van der Waals surface area contributed by atoms with Crippen LogP contribution in [-0.2, 0) is 0 Å². The SMILES string of the molecule is CC(C)c1cc2[nH]c(=O)[nH]c(=O)c2cc1-c1cncnc1. The van der Waals surface area contributed by atoms with Gasteiger partial charge in [-0.1, -0.05) is 13.8 Å². The van der Waals surface area contributed by atoms with Crippen molar-refractivity contribution >= 4 is 10.9 Å². The summed E-state index contributed by atoms with van der Waals surface area (Å²) in [5.41, 5.74) is 2.40. The summed E-state index contributed by atoms with van der Waals surface area (Å²) in [6.45, 7) is 4.11. The summed E-state index contributed by atoms with van der Waals surface area (Å²) in [6.07, 6.45) is 4.88. The number of benzene rings is 1. The van der Waals surface area contributed by atoms with Crippen molar-refractivity contribution in [2.24, 2.45) is 0 Å². The van der Waals surface area contributed by atoms with Crippen molar-refractivity contribution < 1.29 is 0 Å². The summed E-state index contributed by atoms with van der Waals surface area (Å²) in [5, 5.41) is 0.442. The predicted molar refractivity (Wildman–Crippen MR) is 80.3 cm³/mol. The molecular formula is C15H14N4O2. The van der Waals surface area contributed by atoms with Gasteiger partial charge in [-0.15, -0.1) is 0 Å². The van der Waals surface area contributed by atoms with Crippen LogP contribution in [0.15, 0.2) is 40.4 Å². The summed E-state index contributed by atoms with van der Waals surface area (Å²) in [6, 6.07) is 3.62. The van der Waals surface area contributed by atoms with Crippen molar-refractivity contribution in [1.29, 1.82) is 0 Å². The highest BCUT2D eigenvalue weighted by molar-refractivity contribution is 5.85. The first-order valence-corrected chi connectivity index (χ1v) is 6.62. The van der Waals surface area contributed by atoms with Crippen molar-refractivity contribution in [1.82, 2.24) is 19.9 Å². The van der Waals surface area contributed by atoms with Gasteiger partial charge in [-0.3, -0.25) is 9.78 Å². The molecule has 2 N–H and O–H groups in total. The van der Waals surface area contributed by atoms with E-state index in [1.54, 1.807) is 18.5 Å². The number of H-pyrrole nitrogens is 2. The monoisotopic (exact) mass is 282 g/mol. The van der Waals surface area contributed by atoms with Crippen LogP contribution in [0.1, 0.15) is 25.3 Å². The van der Waals surface area contributed by atoms with E-state index >= 15 is 0 Å². The molecule has 2 aromatic heterocycles. The molecule has 0 spiro atoms. The zero-order valence-electron chi connectivity index (χ0n) is 11.7. The van der Waals surface area contributed by atoms with Crippen LogP contribution in [0.4, 0.5) is 0 Å². The Morgan fingerprint density at radius 1 is 1.05 bits per heavy atom. The molecule has 6 nitrogen and oxygen atoms in total. The summed E-state index contributed by atoms with van der Waals surface area (Å²) >= 11 is 0. The molecule has 0 aliphatic rings. The average Bonchev–Trinajstić information content (AvgIpc) is 2.46. The van der Waals surface area contributed by atoms with E-state index in [1.807, 2.05) is 6.07 Å². The maximum atomic E-state index is 12.0. The van der Waals surface area contributed by atoms with E-state index in [0.29, 0.717) is 10.9 Å². The molecule has 0 bridgehead atoms. The second-order valence-electron chi connectivity index (χ2n) is 5.18. The standard InChI is InChI=1S/C15H14N4O2/c1-8(2)10-4-13-12(14(20)19-15(21)18-13)3-11(10)9-5-16-7-17-6-9/h3-8H,1-2H3,(H2,18,19,20,21). The Bertz CT molecular complexity index is 910. The number of hydrogen-bond acceptors (Lipinski definition) is 4. The van der Waals surface area contributed by atoms with E-state index in [2.05, 4.69) is 33.8 Å². The van der Waals surface area contributed by atoms with Gasteiger partial charge < -0.3 is 4.98 Å². The molecule has 1 aromatic carbocycles. The van der Waals surface area contributed by atoms with E-state index in [9.17, 15) is 9.59 Å². The maximum absolute atomic E-state index is 12.0. The number of aromatic amines is 2. The predicted octanol–water partition coefficient (Wildman–Crippen LogP) is 1.80. The second kappa shape index (κ2) is 4.97. The van der Waals surface area contributed by atoms with Crippen LogP contribution in [0.25, 0.3) is 22.0 Å². The summed E-state index contributed by atoms with van der Waals surface area (Å²) in [5.74, 6) is 0.229. The molecular weight excluding hydrogens is 268 g/mol. The van der Waals surface area contributed by atoms with Crippen molar-refractivity contribution in [3.05, 3.63) is 57.3 Å². The van der Waals surface area contributed by atoms with E-state index in [0.717, 1.165) is 16.7 Å². The Balaban J connectivity index is 2.40. The van der Waals surface area contributed by atoms with Crippen LogP contribution in [0.3, 0.4) is 0 Å². The maximum Gasteiger partial charge on any atom is 0.326 e. The van der Waals surface area contributed by atoms with Crippen LogP contribution >= 0.6 is 0 Å². The molecule has 0 aliphatic heterocycles. The quantitative estimate of drug-likeness (QED) is 0.749. The lowest BCUT2D eigenvalue weighted by Gasteiger charge is -2.13. The summed E-state index contributed by atoms with van der Waals surface area (Å²) in [4.78, 5) is 36.3. The number of hydrogen-bond donors (Lipinski definition) is 2. The minimum Gasteiger partial charge on any atom is -0.307 e. The molecule has 3 rings (SSSR count). The van der Waals surface area contributed by atoms with Crippen molar-refractivity contribution in [2.45, 2.75) is 19.8 Å². The normalized spacial score (nSPS) is 11.2. The van der Waals surface area contributed by atoms with E-state index < -0.39 is 11.2 Å². The lowest BCUT2D eigenvalue weighted by atomic mass is 9.92. The van der Waals surface area contributed by atoms with Gasteiger partial charge in [0.25, 0.3) is 5.56 Å². The third kappa shape index (κ3) is 2.35. The molecule has 6 heteroatoms. The van der Waals surface area contributed by atoms with Gasteiger partial charge in [-0.05, 0) is 29.2 Å². The first-order chi connectivity index (χ1) is 10.1. The second-order valence-corrected chi connectivity index (χ2v) is 5.18. The summed E-state index contributed by atoms with van der Waals surface area (Å²) < 4.78 is 0. The van der Waals surface area contributed by atoms with E-state index in [1.165, 1.54) is 6.33 Å². The highest BCUT2D eigenvalue weighted by Crippen LogP contribution is 2.30. The first-order valence-electron chi connectivity index (χ1n) is 6.62. The number of nitrogens with one attached hydrogen (secondary N) is 2. The van der Waals surface area contributed by atoms with Crippen molar-refractivity contribution in [3.63, 3.8) is 0 Å². The first kappa shape index (κ1) is 13.2. The largest absolute Gasteiger partial charge is 0.326 e. The zero-order valence-corrected chi connectivity index (χ0v) is 11.7. The number of nitrogens with zero attached hydrogens (tertiary/aromatic N) is 2. The Labute approximate surface area is 119 Å². The van der Waals surface area contributed by atoms with Crippen molar-refractivity contribution in [2.75, 3.05) is 0 Å². The zero-order chi connectivity index (χ0) is 15.0. The molecule has 106 valence electrons. The molecule has 0 aliphatic carbocycles. The third-order valence-electron chi connectivity index (χ3n) is 3.40. The highest BCUT2D eigenvalue weighted by Gasteiger charge is 2.13. The molecule has 0 saturated heterocycles. The fraction of sp³-hybridized carbons (Fsp3) is 0.200. The smallest absolute Gasteiger partial charge is 0.307 e. The Morgan fingerprint density at radius 3 is 2.43 bits per heavy atom. The molecule has 0 fully saturated rings. The minimum absolute atomic E-state index is 0.229. The van der Waals surface area contributed by atoms with Crippen LogP contribution in [0.2, 0.25) is 0 Å². The lowest BCUT2D eigenvalue weighted by Crippen LogP contribution is -2.22. The van der Waals surface area contributed by atoms with Gasteiger partial charge in [0.15, 0.2) is 0 Å². The van der Waals surface area contributed by atoms with Gasteiger partial charge in [-0.25, -0.2) is 14.8 Å². The number of rotatable bonds is 2. The molecule has 0 unspecified atom stereocenters. The van der Waals surface area contributed by atoms with Gasteiger partial charge in [-0.2, -0.15) is 0 Å². The van der Waals surface area contributed by atoms with Crippen LogP contribution in [0.5, 0.6) is 0 Å². The average molecular weight is 282 g/mol. The topological polar surface area (TPSA) is 91.5 Å². The Kier molecular flexibility index (Phi) is 3.13. The fourth-order valence-corrected chi connectivity index (χ4v) is 2.40. The van der Waals surface area contributed by atoms with Crippen LogP contribution in [-0.4, -0.2) is 19.9 Å². The van der Waals surface area contributed by atoms with Gasteiger partial charge >= 0.3 is 5.69 Å². The summed E-state index contributed by atoms with van der Waals surface area (Å²) in [7, 11) is 0. The molecule has 0 saturated carbocycles. The van der Waals surface area contributed by atoms with Crippen molar-refractivity contribution in [3.8, 4) is 11.1 Å². The number of aromatic nitrogens is 4. The molecule has 0 amide bonds. The van der Waals surface area contributed by atoms with Gasteiger partial charge in [0.2, 0.25) is 0 Å². The molecule has 0 radical (unpaired) electrons. The van der Waals surface area contributed by atoms with Gasteiger partial charge in [0, 0.05) is 18.0 Å². The fourth-order valence-electron chi connectivity index (χ4n) is 2.40. The van der Waals surface area contributed by atoms with Crippen LogP contribution < -0.4 is 11.2 Å². The van der Waals surface area contributed by atoms with Crippen LogP contribution in [0, 0.1) is 0 Å². The van der Waals surface area contributed by atoms with Gasteiger partial charge in [0.05, 0.1) is 10.9 Å². The Morgan fingerprint density at radius 2 is 1.76 bits per heavy atom. The molecule has 2 heterocycles. The highest BCUT2D eigenvalue weighted by atomic mass is 16.2. The van der Waals surface area contributed by atoms with Gasteiger partial charge in [0.1, 0.15) is 6.33 Å². The minimum atomic E-state index is -0.502. The molecule has 21 heavy (non-hydrogen) atoms. The number of fused-ring (bicyclic) bond motifs is 1. The van der Waals surface area contributed by atoms with E-state index in [4.69, 9.17) is 0 Å². The molecule has 0 atom stereocenters. The third-order valence-corrected chi connectivity index (χ3v) is 3.40. The Hall–Kier alpha value is -2.76. The lowest BCUT2D eigenvalue weighted by molar-refractivity contribution is 0.869. The van der Waals surface area contributed by atoms with E-state index in [-0.39, 0.29) is 5.92 Å². The molecule has 3 aromatic rings.